The number of thioether (sulfide) groups is 1. The Morgan fingerprint density at radius 3 is 2.84 bits per heavy atom. The van der Waals surface area contributed by atoms with E-state index in [9.17, 15) is 8.78 Å². The van der Waals surface area contributed by atoms with Crippen molar-refractivity contribution in [3.63, 3.8) is 0 Å². The zero-order valence-electron chi connectivity index (χ0n) is 9.95. The molecule has 2 rings (SSSR count). The normalized spacial score (nSPS) is 10.1. The van der Waals surface area contributed by atoms with E-state index in [0.717, 1.165) is 16.5 Å². The van der Waals surface area contributed by atoms with E-state index in [1.165, 1.54) is 23.9 Å². The standard InChI is InChI=1S/C14H11F2NS2/c15-11-3-4-14(13(16)7-11)19-9-12-6-10(8-18-12)2-1-5-17/h3-4,6-8H,5,9,17H2. The molecule has 0 atom stereocenters. The lowest BCUT2D eigenvalue weighted by molar-refractivity contribution is 0.565. The summed E-state index contributed by atoms with van der Waals surface area (Å²) in [7, 11) is 0. The number of halogens is 2. The topological polar surface area (TPSA) is 26.0 Å². The van der Waals surface area contributed by atoms with E-state index in [1.807, 2.05) is 11.4 Å². The summed E-state index contributed by atoms with van der Waals surface area (Å²) in [5.74, 6) is 5.28. The van der Waals surface area contributed by atoms with Crippen molar-refractivity contribution in [1.82, 2.24) is 0 Å². The average Bonchev–Trinajstić information content (AvgIpc) is 2.83. The van der Waals surface area contributed by atoms with Gasteiger partial charge in [0.1, 0.15) is 11.6 Å². The maximum atomic E-state index is 13.4. The second-order valence-electron chi connectivity index (χ2n) is 3.67. The average molecular weight is 295 g/mol. The van der Waals surface area contributed by atoms with Gasteiger partial charge in [0, 0.05) is 32.5 Å². The Bertz CT molecular complexity index is 626. The summed E-state index contributed by atoms with van der Waals surface area (Å²) >= 11 is 2.91. The number of benzene rings is 1. The molecule has 1 nitrogen and oxygen atoms in total. The third kappa shape index (κ3) is 4.06. The summed E-state index contributed by atoms with van der Waals surface area (Å²) in [6, 6.07) is 5.58. The Morgan fingerprint density at radius 1 is 1.26 bits per heavy atom. The van der Waals surface area contributed by atoms with Crippen molar-refractivity contribution in [2.75, 3.05) is 6.54 Å². The van der Waals surface area contributed by atoms with Crippen molar-refractivity contribution in [2.24, 2.45) is 5.73 Å². The molecule has 0 radical (unpaired) electrons. The molecule has 19 heavy (non-hydrogen) atoms. The fourth-order valence-electron chi connectivity index (χ4n) is 1.42. The number of rotatable bonds is 3. The summed E-state index contributed by atoms with van der Waals surface area (Å²) in [6.07, 6.45) is 0. The predicted molar refractivity (Wildman–Crippen MR) is 76.2 cm³/mol. The molecule has 0 saturated carbocycles. The highest BCUT2D eigenvalue weighted by Gasteiger charge is 2.06. The van der Waals surface area contributed by atoms with E-state index in [-0.39, 0.29) is 0 Å². The summed E-state index contributed by atoms with van der Waals surface area (Å²) in [5, 5.41) is 1.94. The molecule has 0 aliphatic rings. The third-order valence-electron chi connectivity index (χ3n) is 2.25. The van der Waals surface area contributed by atoms with E-state index >= 15 is 0 Å². The highest BCUT2D eigenvalue weighted by molar-refractivity contribution is 7.98. The van der Waals surface area contributed by atoms with Gasteiger partial charge in [0.2, 0.25) is 0 Å². The molecule has 0 aliphatic carbocycles. The zero-order chi connectivity index (χ0) is 13.7. The minimum Gasteiger partial charge on any atom is -0.320 e. The van der Waals surface area contributed by atoms with Gasteiger partial charge in [0.05, 0.1) is 6.54 Å². The van der Waals surface area contributed by atoms with Gasteiger partial charge < -0.3 is 5.73 Å². The van der Waals surface area contributed by atoms with Gasteiger partial charge in [-0.15, -0.1) is 23.1 Å². The van der Waals surface area contributed by atoms with Crippen LogP contribution in [-0.2, 0) is 5.75 Å². The van der Waals surface area contributed by atoms with Crippen molar-refractivity contribution in [3.05, 3.63) is 51.7 Å². The number of hydrogen-bond donors (Lipinski definition) is 1. The van der Waals surface area contributed by atoms with Gasteiger partial charge in [0.25, 0.3) is 0 Å². The SMILES string of the molecule is NCC#Cc1csc(CSc2ccc(F)cc2F)c1. The first-order chi connectivity index (χ1) is 9.19. The van der Waals surface area contributed by atoms with Crippen LogP contribution in [0.2, 0.25) is 0 Å². The molecule has 1 aromatic carbocycles. The lowest BCUT2D eigenvalue weighted by Gasteiger charge is -2.01. The lowest BCUT2D eigenvalue weighted by atomic mass is 10.3. The van der Waals surface area contributed by atoms with Crippen LogP contribution >= 0.6 is 23.1 Å². The Hall–Kier alpha value is -1.35. The molecule has 0 unspecified atom stereocenters. The van der Waals surface area contributed by atoms with Crippen LogP contribution in [0.5, 0.6) is 0 Å². The Labute approximate surface area is 118 Å². The molecular formula is C14H11F2NS2. The van der Waals surface area contributed by atoms with Gasteiger partial charge in [-0.2, -0.15) is 0 Å². The largest absolute Gasteiger partial charge is 0.320 e. The summed E-state index contributed by atoms with van der Waals surface area (Å²) in [5.41, 5.74) is 6.22. The number of nitrogens with two attached hydrogens (primary N) is 1. The third-order valence-corrected chi connectivity index (χ3v) is 4.47. The van der Waals surface area contributed by atoms with Crippen LogP contribution < -0.4 is 5.73 Å². The van der Waals surface area contributed by atoms with Gasteiger partial charge in [-0.05, 0) is 18.2 Å². The van der Waals surface area contributed by atoms with E-state index in [4.69, 9.17) is 5.73 Å². The minimum atomic E-state index is -0.558. The molecule has 0 bridgehead atoms. The first kappa shape index (κ1) is 14.1. The van der Waals surface area contributed by atoms with Gasteiger partial charge in [-0.25, -0.2) is 8.78 Å². The lowest BCUT2D eigenvalue weighted by Crippen LogP contribution is -1.92. The molecule has 2 aromatic rings. The van der Waals surface area contributed by atoms with Crippen molar-refractivity contribution in [3.8, 4) is 11.8 Å². The highest BCUT2D eigenvalue weighted by atomic mass is 32.2. The summed E-state index contributed by atoms with van der Waals surface area (Å²) in [6.45, 7) is 0.334. The molecule has 5 heteroatoms. The molecule has 0 aliphatic heterocycles. The quantitative estimate of drug-likeness (QED) is 0.691. The fourth-order valence-corrected chi connectivity index (χ4v) is 3.21. The van der Waals surface area contributed by atoms with Crippen molar-refractivity contribution in [2.45, 2.75) is 10.6 Å². The summed E-state index contributed by atoms with van der Waals surface area (Å²) in [4.78, 5) is 1.54. The van der Waals surface area contributed by atoms with E-state index in [1.54, 1.807) is 11.3 Å². The zero-order valence-corrected chi connectivity index (χ0v) is 11.6. The first-order valence-corrected chi connectivity index (χ1v) is 7.40. The smallest absolute Gasteiger partial charge is 0.139 e. The molecule has 2 N–H and O–H groups in total. The Balaban J connectivity index is 2.00. The minimum absolute atomic E-state index is 0.334. The molecule has 0 fully saturated rings. The predicted octanol–water partition coefficient (Wildman–Crippen LogP) is 3.63. The van der Waals surface area contributed by atoms with Crippen molar-refractivity contribution in [1.29, 1.82) is 0 Å². The fraction of sp³-hybridized carbons (Fsp3) is 0.143. The molecular weight excluding hydrogens is 284 g/mol. The van der Waals surface area contributed by atoms with Crippen molar-refractivity contribution < 1.29 is 8.78 Å². The molecule has 0 saturated heterocycles. The summed E-state index contributed by atoms with van der Waals surface area (Å²) < 4.78 is 26.2. The van der Waals surface area contributed by atoms with Crippen LogP contribution in [0.25, 0.3) is 0 Å². The van der Waals surface area contributed by atoms with Crippen LogP contribution in [0.1, 0.15) is 10.4 Å². The van der Waals surface area contributed by atoms with Crippen molar-refractivity contribution >= 4 is 23.1 Å². The maximum absolute atomic E-state index is 13.4. The van der Waals surface area contributed by atoms with Crippen LogP contribution in [-0.4, -0.2) is 6.54 Å². The van der Waals surface area contributed by atoms with Gasteiger partial charge >= 0.3 is 0 Å². The van der Waals surface area contributed by atoms with Crippen LogP contribution in [0, 0.1) is 23.5 Å². The monoisotopic (exact) mass is 295 g/mol. The van der Waals surface area contributed by atoms with E-state index < -0.39 is 11.6 Å². The molecule has 0 amide bonds. The van der Waals surface area contributed by atoms with Crippen LogP contribution in [0.3, 0.4) is 0 Å². The number of hydrogen-bond acceptors (Lipinski definition) is 3. The van der Waals surface area contributed by atoms with E-state index in [0.29, 0.717) is 17.2 Å². The van der Waals surface area contributed by atoms with Crippen LogP contribution in [0.15, 0.2) is 34.5 Å². The molecule has 1 heterocycles. The van der Waals surface area contributed by atoms with E-state index in [2.05, 4.69) is 11.8 Å². The number of thiophene rings is 1. The first-order valence-electron chi connectivity index (χ1n) is 5.53. The Morgan fingerprint density at radius 2 is 2.11 bits per heavy atom. The Kier molecular flexibility index (Phi) is 4.97. The maximum Gasteiger partial charge on any atom is 0.139 e. The van der Waals surface area contributed by atoms with Gasteiger partial charge in [-0.1, -0.05) is 11.8 Å². The van der Waals surface area contributed by atoms with Gasteiger partial charge in [-0.3, -0.25) is 0 Å². The molecule has 0 spiro atoms. The second kappa shape index (κ2) is 6.71. The highest BCUT2D eigenvalue weighted by Crippen LogP contribution is 2.28. The van der Waals surface area contributed by atoms with Gasteiger partial charge in [0.15, 0.2) is 0 Å². The molecule has 1 aromatic heterocycles. The van der Waals surface area contributed by atoms with Crippen LogP contribution in [0.4, 0.5) is 8.78 Å². The molecule has 98 valence electrons. The second-order valence-corrected chi connectivity index (χ2v) is 5.68.